The van der Waals surface area contributed by atoms with E-state index in [-0.39, 0.29) is 0 Å². The Morgan fingerprint density at radius 1 is 1.33 bits per heavy atom. The topological polar surface area (TPSA) is 29.3 Å². The Hall–Kier alpha value is -0.0800. The van der Waals surface area contributed by atoms with E-state index in [1.807, 2.05) is 0 Å². The molecule has 90 valence electrons. The van der Waals surface area contributed by atoms with Gasteiger partial charge in [-0.25, -0.2) is 0 Å². The first-order valence-corrected chi connectivity index (χ1v) is 6.70. The fourth-order valence-corrected chi connectivity index (χ4v) is 2.72. The molecule has 1 saturated heterocycles. The maximum atomic E-state index is 6.18. The van der Waals surface area contributed by atoms with Gasteiger partial charge in [0.05, 0.1) is 0 Å². The average molecular weight is 212 g/mol. The third-order valence-electron chi connectivity index (χ3n) is 3.80. The van der Waals surface area contributed by atoms with Gasteiger partial charge in [0.2, 0.25) is 0 Å². The van der Waals surface area contributed by atoms with Crippen molar-refractivity contribution in [1.82, 2.24) is 4.90 Å². The smallest absolute Gasteiger partial charge is 0.0168 e. The molecule has 1 aliphatic rings. The third kappa shape index (κ3) is 3.76. The first-order chi connectivity index (χ1) is 7.19. The van der Waals surface area contributed by atoms with Crippen molar-refractivity contribution in [3.05, 3.63) is 0 Å². The van der Waals surface area contributed by atoms with Gasteiger partial charge in [-0.05, 0) is 32.6 Å². The number of nitrogens with two attached hydrogens (primary N) is 1. The first kappa shape index (κ1) is 13.0. The second-order valence-corrected chi connectivity index (χ2v) is 5.09. The van der Waals surface area contributed by atoms with Crippen LogP contribution < -0.4 is 5.73 Å². The second-order valence-electron chi connectivity index (χ2n) is 5.09. The predicted molar refractivity (Wildman–Crippen MR) is 67.0 cm³/mol. The minimum Gasteiger partial charge on any atom is -0.327 e. The van der Waals surface area contributed by atoms with Crippen molar-refractivity contribution in [1.29, 1.82) is 0 Å². The van der Waals surface area contributed by atoms with Gasteiger partial charge in [-0.2, -0.15) is 0 Å². The summed E-state index contributed by atoms with van der Waals surface area (Å²) in [5.41, 5.74) is 6.18. The van der Waals surface area contributed by atoms with E-state index < -0.39 is 0 Å². The Balaban J connectivity index is 2.34. The van der Waals surface area contributed by atoms with Crippen LogP contribution in [0.3, 0.4) is 0 Å². The monoisotopic (exact) mass is 212 g/mol. The van der Waals surface area contributed by atoms with Crippen LogP contribution in [0, 0.1) is 0 Å². The second kappa shape index (κ2) is 6.49. The summed E-state index contributed by atoms with van der Waals surface area (Å²) in [6.07, 6.45) is 7.75. The minimum atomic E-state index is 0.388. The Bertz CT molecular complexity index is 170. The van der Waals surface area contributed by atoms with Gasteiger partial charge in [0, 0.05) is 24.7 Å². The molecule has 3 atom stereocenters. The fourth-order valence-electron chi connectivity index (χ4n) is 2.72. The molecular weight excluding hydrogens is 184 g/mol. The van der Waals surface area contributed by atoms with Gasteiger partial charge in [-0.15, -0.1) is 0 Å². The van der Waals surface area contributed by atoms with Gasteiger partial charge in [-0.1, -0.05) is 26.7 Å². The molecular formula is C13H28N2. The molecule has 0 amide bonds. The largest absolute Gasteiger partial charge is 0.327 e. The zero-order valence-electron chi connectivity index (χ0n) is 10.7. The van der Waals surface area contributed by atoms with E-state index in [1.165, 1.54) is 38.5 Å². The molecule has 0 aliphatic carbocycles. The van der Waals surface area contributed by atoms with Gasteiger partial charge in [0.15, 0.2) is 0 Å². The van der Waals surface area contributed by atoms with E-state index in [0.29, 0.717) is 6.04 Å². The zero-order chi connectivity index (χ0) is 11.3. The van der Waals surface area contributed by atoms with E-state index in [4.69, 9.17) is 5.73 Å². The highest BCUT2D eigenvalue weighted by molar-refractivity contribution is 4.86. The molecule has 3 unspecified atom stereocenters. The average Bonchev–Trinajstić information content (AvgIpc) is 2.57. The molecule has 0 bridgehead atoms. The summed E-state index contributed by atoms with van der Waals surface area (Å²) in [7, 11) is 0. The molecule has 1 rings (SSSR count). The number of likely N-dealkylation sites (tertiary alicyclic amines) is 1. The highest BCUT2D eigenvalue weighted by Crippen LogP contribution is 2.26. The van der Waals surface area contributed by atoms with Crippen molar-refractivity contribution < 1.29 is 0 Å². The molecule has 15 heavy (non-hydrogen) atoms. The molecule has 0 spiro atoms. The standard InChI is InChI=1S/C13H28N2/c1-4-6-7-12(14)10-15-11(3)8-9-13(15)5-2/h11-13H,4-10,14H2,1-3H3. The van der Waals surface area contributed by atoms with Crippen LogP contribution in [0.15, 0.2) is 0 Å². The SMILES string of the molecule is CCCCC(N)CN1C(C)CCC1CC. The first-order valence-electron chi connectivity index (χ1n) is 6.70. The number of hydrogen-bond acceptors (Lipinski definition) is 2. The van der Waals surface area contributed by atoms with E-state index in [2.05, 4.69) is 25.7 Å². The van der Waals surface area contributed by atoms with E-state index in [0.717, 1.165) is 18.6 Å². The van der Waals surface area contributed by atoms with Crippen LogP contribution in [-0.2, 0) is 0 Å². The number of unbranched alkanes of at least 4 members (excludes halogenated alkanes) is 1. The zero-order valence-corrected chi connectivity index (χ0v) is 10.7. The van der Waals surface area contributed by atoms with E-state index in [9.17, 15) is 0 Å². The van der Waals surface area contributed by atoms with Crippen molar-refractivity contribution in [2.24, 2.45) is 5.73 Å². The van der Waals surface area contributed by atoms with Crippen molar-refractivity contribution >= 4 is 0 Å². The van der Waals surface area contributed by atoms with Gasteiger partial charge in [0.1, 0.15) is 0 Å². The summed E-state index contributed by atoms with van der Waals surface area (Å²) in [6, 6.07) is 1.94. The number of hydrogen-bond donors (Lipinski definition) is 1. The number of rotatable bonds is 6. The summed E-state index contributed by atoms with van der Waals surface area (Å²) in [5, 5.41) is 0. The Morgan fingerprint density at radius 2 is 2.07 bits per heavy atom. The maximum Gasteiger partial charge on any atom is 0.0168 e. The van der Waals surface area contributed by atoms with Gasteiger partial charge >= 0.3 is 0 Å². The van der Waals surface area contributed by atoms with Crippen LogP contribution in [0.5, 0.6) is 0 Å². The lowest BCUT2D eigenvalue weighted by Gasteiger charge is -2.30. The summed E-state index contributed by atoms with van der Waals surface area (Å²) >= 11 is 0. The molecule has 0 saturated carbocycles. The van der Waals surface area contributed by atoms with Crippen LogP contribution in [0.4, 0.5) is 0 Å². The van der Waals surface area contributed by atoms with Gasteiger partial charge in [-0.3, -0.25) is 4.90 Å². The lowest BCUT2D eigenvalue weighted by molar-refractivity contribution is 0.183. The van der Waals surface area contributed by atoms with E-state index in [1.54, 1.807) is 0 Å². The molecule has 0 aromatic heterocycles. The number of nitrogens with zero attached hydrogens (tertiary/aromatic N) is 1. The normalized spacial score (nSPS) is 29.6. The summed E-state index contributed by atoms with van der Waals surface area (Å²) < 4.78 is 0. The molecule has 0 radical (unpaired) electrons. The van der Waals surface area contributed by atoms with Gasteiger partial charge < -0.3 is 5.73 Å². The van der Waals surface area contributed by atoms with Crippen molar-refractivity contribution in [3.8, 4) is 0 Å². The molecule has 0 aromatic carbocycles. The Morgan fingerprint density at radius 3 is 2.67 bits per heavy atom. The molecule has 1 fully saturated rings. The maximum absolute atomic E-state index is 6.18. The lowest BCUT2D eigenvalue weighted by atomic mass is 10.1. The third-order valence-corrected chi connectivity index (χ3v) is 3.80. The van der Waals surface area contributed by atoms with E-state index >= 15 is 0 Å². The minimum absolute atomic E-state index is 0.388. The van der Waals surface area contributed by atoms with Crippen LogP contribution in [0.25, 0.3) is 0 Å². The highest BCUT2D eigenvalue weighted by Gasteiger charge is 2.29. The lowest BCUT2D eigenvalue weighted by Crippen LogP contribution is -2.43. The molecule has 1 heterocycles. The predicted octanol–water partition coefficient (Wildman–Crippen LogP) is 2.77. The Labute approximate surface area is 95.2 Å². The molecule has 0 aromatic rings. The van der Waals surface area contributed by atoms with Crippen LogP contribution in [0.2, 0.25) is 0 Å². The van der Waals surface area contributed by atoms with Crippen molar-refractivity contribution in [3.63, 3.8) is 0 Å². The van der Waals surface area contributed by atoms with Crippen molar-refractivity contribution in [2.45, 2.75) is 77.4 Å². The molecule has 2 N–H and O–H groups in total. The summed E-state index contributed by atoms with van der Waals surface area (Å²) in [4.78, 5) is 2.64. The van der Waals surface area contributed by atoms with Crippen LogP contribution in [0.1, 0.15) is 59.3 Å². The quantitative estimate of drug-likeness (QED) is 0.733. The Kier molecular flexibility index (Phi) is 5.62. The van der Waals surface area contributed by atoms with Gasteiger partial charge in [0.25, 0.3) is 0 Å². The molecule has 2 nitrogen and oxygen atoms in total. The van der Waals surface area contributed by atoms with Crippen molar-refractivity contribution in [2.75, 3.05) is 6.54 Å². The fraction of sp³-hybridized carbons (Fsp3) is 1.00. The van der Waals surface area contributed by atoms with Crippen LogP contribution >= 0.6 is 0 Å². The van der Waals surface area contributed by atoms with Crippen LogP contribution in [-0.4, -0.2) is 29.6 Å². The summed E-state index contributed by atoms with van der Waals surface area (Å²) in [6.45, 7) is 8.00. The summed E-state index contributed by atoms with van der Waals surface area (Å²) in [5.74, 6) is 0. The highest BCUT2D eigenvalue weighted by atomic mass is 15.2. The molecule has 2 heteroatoms. The molecule has 1 aliphatic heterocycles.